The second-order valence-corrected chi connectivity index (χ2v) is 3.83. The Bertz CT molecular complexity index is 151. The molecule has 0 rings (SSSR count). The van der Waals surface area contributed by atoms with Crippen molar-refractivity contribution in [1.29, 1.82) is 0 Å². The molecule has 0 atom stereocenters. The van der Waals surface area contributed by atoms with Crippen LogP contribution in [0.3, 0.4) is 0 Å². The van der Waals surface area contributed by atoms with Crippen LogP contribution in [0.25, 0.3) is 0 Å². The fourth-order valence-corrected chi connectivity index (χ4v) is 1.42. The number of hydrogen-bond donors (Lipinski definition) is 2. The zero-order valence-corrected chi connectivity index (χ0v) is 10.5. The lowest BCUT2D eigenvalue weighted by molar-refractivity contribution is 0.137. The minimum atomic E-state index is -1.83. The molecule has 96 valence electrons. The van der Waals surface area contributed by atoms with Gasteiger partial charge in [0.1, 0.15) is 0 Å². The Morgan fingerprint density at radius 1 is 1.00 bits per heavy atom. The van der Waals surface area contributed by atoms with Gasteiger partial charge in [-0.2, -0.15) is 0 Å². The van der Waals surface area contributed by atoms with Crippen LogP contribution in [0.15, 0.2) is 12.7 Å². The summed E-state index contributed by atoms with van der Waals surface area (Å²) in [5.41, 5.74) is 0. The Morgan fingerprint density at radius 3 is 1.75 bits per heavy atom. The molecule has 16 heavy (non-hydrogen) atoms. The highest BCUT2D eigenvalue weighted by Gasteiger charge is 1.89. The maximum absolute atomic E-state index is 8.56. The minimum absolute atomic E-state index is 1.20. The Labute approximate surface area is 99.2 Å². The Morgan fingerprint density at radius 2 is 1.38 bits per heavy atom. The highest BCUT2D eigenvalue weighted by molar-refractivity contribution is 5.53. The van der Waals surface area contributed by atoms with E-state index in [1.807, 2.05) is 6.08 Å². The first kappa shape index (κ1) is 17.4. The molecule has 0 aliphatic rings. The van der Waals surface area contributed by atoms with Crippen LogP contribution in [0.5, 0.6) is 0 Å². The first-order valence-electron chi connectivity index (χ1n) is 6.17. The molecule has 0 bridgehead atoms. The molecule has 0 heterocycles. The van der Waals surface area contributed by atoms with Crippen molar-refractivity contribution < 1.29 is 15.0 Å². The highest BCUT2D eigenvalue weighted by atomic mass is 16.6. The first-order chi connectivity index (χ1) is 7.65. The first-order valence-corrected chi connectivity index (χ1v) is 6.17. The van der Waals surface area contributed by atoms with Crippen molar-refractivity contribution in [2.45, 2.75) is 64.7 Å². The van der Waals surface area contributed by atoms with Gasteiger partial charge in [-0.1, -0.05) is 57.9 Å². The lowest BCUT2D eigenvalue weighted by atomic mass is 10.1. The van der Waals surface area contributed by atoms with Crippen LogP contribution >= 0.6 is 0 Å². The summed E-state index contributed by atoms with van der Waals surface area (Å²) in [6, 6.07) is 0. The van der Waals surface area contributed by atoms with Gasteiger partial charge in [-0.3, -0.25) is 0 Å². The zero-order chi connectivity index (χ0) is 12.6. The lowest BCUT2D eigenvalue weighted by Gasteiger charge is -1.99. The second-order valence-electron chi connectivity index (χ2n) is 3.83. The number of hydrogen-bond acceptors (Lipinski definition) is 1. The van der Waals surface area contributed by atoms with Gasteiger partial charge in [0.05, 0.1) is 0 Å². The normalized spacial score (nSPS) is 9.06. The summed E-state index contributed by atoms with van der Waals surface area (Å²) >= 11 is 0. The predicted molar refractivity (Wildman–Crippen MR) is 68.1 cm³/mol. The summed E-state index contributed by atoms with van der Waals surface area (Å²) in [4.78, 5) is 8.56. The van der Waals surface area contributed by atoms with E-state index in [9.17, 15) is 0 Å². The second kappa shape index (κ2) is 16.4. The lowest BCUT2D eigenvalue weighted by Crippen LogP contribution is -1.81. The predicted octanol–water partition coefficient (Wildman–Crippen LogP) is 4.93. The van der Waals surface area contributed by atoms with Gasteiger partial charge >= 0.3 is 6.16 Å². The van der Waals surface area contributed by atoms with E-state index in [0.29, 0.717) is 0 Å². The van der Waals surface area contributed by atoms with E-state index in [0.717, 1.165) is 0 Å². The molecule has 3 nitrogen and oxygen atoms in total. The van der Waals surface area contributed by atoms with E-state index in [4.69, 9.17) is 15.0 Å². The van der Waals surface area contributed by atoms with Gasteiger partial charge in [0.2, 0.25) is 0 Å². The molecule has 0 aromatic heterocycles. The molecule has 2 N–H and O–H groups in total. The van der Waals surface area contributed by atoms with Gasteiger partial charge in [0, 0.05) is 0 Å². The summed E-state index contributed by atoms with van der Waals surface area (Å²) in [5, 5.41) is 13.9. The summed E-state index contributed by atoms with van der Waals surface area (Å²) in [5.74, 6) is 0. The third-order valence-corrected chi connectivity index (χ3v) is 2.26. The van der Waals surface area contributed by atoms with Crippen LogP contribution in [0, 0.1) is 0 Å². The largest absolute Gasteiger partial charge is 0.503 e. The number of allylic oxidation sites excluding steroid dienone is 1. The van der Waals surface area contributed by atoms with Crippen LogP contribution in [-0.4, -0.2) is 16.4 Å². The van der Waals surface area contributed by atoms with E-state index < -0.39 is 6.16 Å². The summed E-state index contributed by atoms with van der Waals surface area (Å²) < 4.78 is 0. The van der Waals surface area contributed by atoms with Crippen LogP contribution < -0.4 is 0 Å². The molecule has 0 amide bonds. The smallest absolute Gasteiger partial charge is 0.450 e. The number of carboxylic acid groups (broad SMARTS) is 2. The zero-order valence-electron chi connectivity index (χ0n) is 10.5. The molecule has 0 aromatic carbocycles. The Balaban J connectivity index is 0. The van der Waals surface area contributed by atoms with Crippen LogP contribution in [0.4, 0.5) is 4.79 Å². The fourth-order valence-electron chi connectivity index (χ4n) is 1.42. The number of unbranched alkanes of at least 4 members (excludes halogenated alkanes) is 8. The molecule has 0 fully saturated rings. The Kier molecular flexibility index (Phi) is 17.9. The minimum Gasteiger partial charge on any atom is -0.450 e. The standard InChI is InChI=1S/C12H24.CH2O3/c1-3-5-7-9-11-12-10-8-6-4-2;2-1(3)4/h3H,1,4-12H2,2H3;(H2,2,3,4). The Hall–Kier alpha value is -0.990. The molecule has 0 aliphatic heterocycles. The van der Waals surface area contributed by atoms with E-state index in [1.165, 1.54) is 57.8 Å². The molecule has 0 radical (unpaired) electrons. The molecule has 3 heteroatoms. The van der Waals surface area contributed by atoms with Crippen molar-refractivity contribution in [3.63, 3.8) is 0 Å². The molecular weight excluding hydrogens is 204 g/mol. The van der Waals surface area contributed by atoms with E-state index in [-0.39, 0.29) is 0 Å². The van der Waals surface area contributed by atoms with Gasteiger partial charge in [-0.15, -0.1) is 6.58 Å². The third kappa shape index (κ3) is 29.2. The molecule has 0 aliphatic carbocycles. The van der Waals surface area contributed by atoms with Gasteiger partial charge < -0.3 is 10.2 Å². The van der Waals surface area contributed by atoms with Crippen molar-refractivity contribution in [3.8, 4) is 0 Å². The van der Waals surface area contributed by atoms with Crippen molar-refractivity contribution >= 4 is 6.16 Å². The van der Waals surface area contributed by atoms with Gasteiger partial charge in [-0.05, 0) is 12.8 Å². The molecular formula is C13H26O3. The van der Waals surface area contributed by atoms with Crippen LogP contribution in [0.2, 0.25) is 0 Å². The maximum atomic E-state index is 8.56. The molecule has 0 aromatic rings. The average molecular weight is 230 g/mol. The van der Waals surface area contributed by atoms with Crippen LogP contribution in [0.1, 0.15) is 64.7 Å². The van der Waals surface area contributed by atoms with Gasteiger partial charge in [0.15, 0.2) is 0 Å². The number of carbonyl (C=O) groups is 1. The fraction of sp³-hybridized carbons (Fsp3) is 0.769. The SMILES string of the molecule is C=CCCCCCCCCCC.O=C(O)O. The monoisotopic (exact) mass is 230 g/mol. The quantitative estimate of drug-likeness (QED) is 0.436. The van der Waals surface area contributed by atoms with Crippen molar-refractivity contribution in [1.82, 2.24) is 0 Å². The average Bonchev–Trinajstić information content (AvgIpc) is 2.21. The van der Waals surface area contributed by atoms with Gasteiger partial charge in [-0.25, -0.2) is 4.79 Å². The summed E-state index contributed by atoms with van der Waals surface area (Å²) in [7, 11) is 0. The molecule has 0 unspecified atom stereocenters. The number of rotatable bonds is 9. The van der Waals surface area contributed by atoms with Crippen molar-refractivity contribution in [3.05, 3.63) is 12.7 Å². The van der Waals surface area contributed by atoms with Crippen molar-refractivity contribution in [2.75, 3.05) is 0 Å². The van der Waals surface area contributed by atoms with Gasteiger partial charge in [0.25, 0.3) is 0 Å². The van der Waals surface area contributed by atoms with Crippen LogP contribution in [-0.2, 0) is 0 Å². The maximum Gasteiger partial charge on any atom is 0.503 e. The summed E-state index contributed by atoms with van der Waals surface area (Å²) in [6.07, 6.45) is 12.7. The van der Waals surface area contributed by atoms with E-state index in [1.54, 1.807) is 0 Å². The van der Waals surface area contributed by atoms with E-state index >= 15 is 0 Å². The topological polar surface area (TPSA) is 57.5 Å². The molecule has 0 saturated carbocycles. The van der Waals surface area contributed by atoms with Crippen molar-refractivity contribution in [2.24, 2.45) is 0 Å². The highest BCUT2D eigenvalue weighted by Crippen LogP contribution is 2.09. The molecule has 0 spiro atoms. The molecule has 0 saturated heterocycles. The third-order valence-electron chi connectivity index (χ3n) is 2.26. The van der Waals surface area contributed by atoms with E-state index in [2.05, 4.69) is 13.5 Å². The summed E-state index contributed by atoms with van der Waals surface area (Å²) in [6.45, 7) is 5.99.